The lowest BCUT2D eigenvalue weighted by molar-refractivity contribution is 1.18. The fourth-order valence-corrected chi connectivity index (χ4v) is 10.9. The summed E-state index contributed by atoms with van der Waals surface area (Å²) in [6.07, 6.45) is 0. The van der Waals surface area contributed by atoms with Crippen molar-refractivity contribution in [1.29, 1.82) is 0 Å². The Balaban J connectivity index is 0.919. The molecule has 0 saturated heterocycles. The first kappa shape index (κ1) is 44.2. The molecule has 12 aromatic carbocycles. The van der Waals surface area contributed by atoms with Crippen molar-refractivity contribution < 1.29 is 0 Å². The largest absolute Gasteiger partial charge is 0.310 e. The van der Waals surface area contributed by atoms with Crippen LogP contribution in [-0.2, 0) is 0 Å². The van der Waals surface area contributed by atoms with E-state index in [0.717, 1.165) is 45.0 Å². The zero-order valence-corrected chi connectivity index (χ0v) is 40.8. The predicted molar refractivity (Wildman–Crippen MR) is 314 cm³/mol. The highest BCUT2D eigenvalue weighted by molar-refractivity contribution is 6.09. The van der Waals surface area contributed by atoms with Gasteiger partial charge in [0, 0.05) is 33.4 Å². The lowest BCUT2D eigenvalue weighted by Gasteiger charge is -2.29. The summed E-state index contributed by atoms with van der Waals surface area (Å²) in [7, 11) is 0. The molecule has 0 aliphatic carbocycles. The van der Waals surface area contributed by atoms with E-state index in [9.17, 15) is 0 Å². The molecule has 1 heterocycles. The summed E-state index contributed by atoms with van der Waals surface area (Å²) in [5, 5.41) is 2.52. The summed E-state index contributed by atoms with van der Waals surface area (Å²) in [5.74, 6) is 0. The van der Waals surface area contributed by atoms with Crippen LogP contribution in [0.5, 0.6) is 0 Å². The van der Waals surface area contributed by atoms with Crippen molar-refractivity contribution in [2.75, 3.05) is 4.90 Å². The fourth-order valence-electron chi connectivity index (χ4n) is 10.9. The molecule has 0 unspecified atom stereocenters. The summed E-state index contributed by atoms with van der Waals surface area (Å²) < 4.78 is 2.37. The molecule has 0 aliphatic heterocycles. The molecule has 2 heteroatoms. The van der Waals surface area contributed by atoms with E-state index in [-0.39, 0.29) is 0 Å². The maximum atomic E-state index is 2.42. The Kier molecular flexibility index (Phi) is 11.6. The van der Waals surface area contributed by atoms with Crippen molar-refractivity contribution in [2.45, 2.75) is 0 Å². The fraction of sp³-hybridized carbons (Fsp3) is 0. The molecule has 0 bridgehead atoms. The van der Waals surface area contributed by atoms with Crippen LogP contribution in [-0.4, -0.2) is 4.57 Å². The highest BCUT2D eigenvalue weighted by Gasteiger charge is 2.21. The molecule has 0 saturated carbocycles. The first-order valence-corrected chi connectivity index (χ1v) is 25.4. The minimum absolute atomic E-state index is 1.06. The van der Waals surface area contributed by atoms with Crippen molar-refractivity contribution in [2.24, 2.45) is 0 Å². The quantitative estimate of drug-likeness (QED) is 0.125. The molecular formula is C72H50N2. The van der Waals surface area contributed by atoms with Gasteiger partial charge in [0.2, 0.25) is 0 Å². The molecule has 0 atom stereocenters. The van der Waals surface area contributed by atoms with E-state index in [4.69, 9.17) is 0 Å². The normalized spacial score (nSPS) is 11.2. The van der Waals surface area contributed by atoms with Gasteiger partial charge in [-0.05, 0) is 145 Å². The highest BCUT2D eigenvalue weighted by Crippen LogP contribution is 2.46. The highest BCUT2D eigenvalue weighted by atomic mass is 15.1. The zero-order valence-electron chi connectivity index (χ0n) is 40.8. The number of hydrogen-bond donors (Lipinski definition) is 0. The summed E-state index contributed by atoms with van der Waals surface area (Å²) in [6.45, 7) is 0. The van der Waals surface area contributed by atoms with Crippen LogP contribution in [0.15, 0.2) is 303 Å². The molecule has 0 aliphatic rings. The van der Waals surface area contributed by atoms with Gasteiger partial charge in [-0.2, -0.15) is 0 Å². The van der Waals surface area contributed by atoms with E-state index in [1.165, 1.54) is 77.4 Å². The second-order valence-electron chi connectivity index (χ2n) is 18.9. The first-order chi connectivity index (χ1) is 36.7. The summed E-state index contributed by atoms with van der Waals surface area (Å²) in [4.78, 5) is 2.42. The summed E-state index contributed by atoms with van der Waals surface area (Å²) in [5.41, 5.74) is 23.3. The van der Waals surface area contributed by atoms with E-state index in [2.05, 4.69) is 313 Å². The number of aromatic nitrogens is 1. The molecule has 0 spiro atoms. The molecule has 0 radical (unpaired) electrons. The van der Waals surface area contributed by atoms with Crippen LogP contribution in [0.2, 0.25) is 0 Å². The number of fused-ring (bicyclic) bond motifs is 3. The van der Waals surface area contributed by atoms with Gasteiger partial charge in [0.15, 0.2) is 0 Å². The molecule has 348 valence electrons. The number of hydrogen-bond acceptors (Lipinski definition) is 1. The van der Waals surface area contributed by atoms with E-state index in [1.807, 2.05) is 0 Å². The summed E-state index contributed by atoms with van der Waals surface area (Å²) >= 11 is 0. The lowest BCUT2D eigenvalue weighted by Crippen LogP contribution is -2.11. The number of benzene rings is 12. The Hall–Kier alpha value is -9.76. The maximum absolute atomic E-state index is 2.42. The van der Waals surface area contributed by atoms with Gasteiger partial charge in [0.05, 0.1) is 16.7 Å². The van der Waals surface area contributed by atoms with Crippen molar-refractivity contribution in [1.82, 2.24) is 4.57 Å². The van der Waals surface area contributed by atoms with Crippen LogP contribution in [0.25, 0.3) is 105 Å². The smallest absolute Gasteiger partial charge is 0.0541 e. The summed E-state index contributed by atoms with van der Waals surface area (Å²) in [6, 6.07) is 110. The second-order valence-corrected chi connectivity index (χ2v) is 18.9. The Bertz CT molecular complexity index is 3970. The number of rotatable bonds is 11. The van der Waals surface area contributed by atoms with Gasteiger partial charge < -0.3 is 9.47 Å². The predicted octanol–water partition coefficient (Wildman–Crippen LogP) is 19.9. The Morgan fingerprint density at radius 3 is 1.03 bits per heavy atom. The van der Waals surface area contributed by atoms with E-state index in [1.54, 1.807) is 0 Å². The first-order valence-electron chi connectivity index (χ1n) is 25.4. The minimum Gasteiger partial charge on any atom is -0.310 e. The molecule has 0 N–H and O–H groups in total. The van der Waals surface area contributed by atoms with Crippen LogP contribution in [0.4, 0.5) is 17.1 Å². The van der Waals surface area contributed by atoms with Gasteiger partial charge in [-0.3, -0.25) is 0 Å². The Morgan fingerprint density at radius 2 is 0.541 bits per heavy atom. The van der Waals surface area contributed by atoms with Gasteiger partial charge in [0.25, 0.3) is 0 Å². The van der Waals surface area contributed by atoms with Crippen LogP contribution < -0.4 is 4.90 Å². The molecule has 74 heavy (non-hydrogen) atoms. The second kappa shape index (κ2) is 19.4. The van der Waals surface area contributed by atoms with Crippen molar-refractivity contribution in [3.63, 3.8) is 0 Å². The SMILES string of the molecule is c1ccc(-c2cc(-c3ccccc3)cc(-c3ccc(N(c4ccc(-c5ccc(-n6c7ccccc7c7ccccc76)cc5)cc4)c4ccccc4-c4ccccc4-c4ccccc4-c4ccccc4)cc3)c2)cc1. The van der Waals surface area contributed by atoms with Crippen LogP contribution in [0.3, 0.4) is 0 Å². The third kappa shape index (κ3) is 8.35. The van der Waals surface area contributed by atoms with Gasteiger partial charge in [-0.25, -0.2) is 0 Å². The van der Waals surface area contributed by atoms with E-state index < -0.39 is 0 Å². The van der Waals surface area contributed by atoms with Crippen LogP contribution in [0, 0.1) is 0 Å². The molecule has 2 nitrogen and oxygen atoms in total. The molecule has 0 fully saturated rings. The molecule has 1 aromatic heterocycles. The third-order valence-electron chi connectivity index (χ3n) is 14.4. The van der Waals surface area contributed by atoms with E-state index >= 15 is 0 Å². The minimum atomic E-state index is 1.06. The Morgan fingerprint density at radius 1 is 0.216 bits per heavy atom. The number of para-hydroxylation sites is 3. The van der Waals surface area contributed by atoms with Gasteiger partial charge in [-0.15, -0.1) is 0 Å². The molecule has 0 amide bonds. The van der Waals surface area contributed by atoms with E-state index in [0.29, 0.717) is 0 Å². The third-order valence-corrected chi connectivity index (χ3v) is 14.4. The lowest BCUT2D eigenvalue weighted by atomic mass is 9.88. The monoisotopic (exact) mass is 942 g/mol. The van der Waals surface area contributed by atoms with Gasteiger partial charge in [-0.1, -0.05) is 231 Å². The van der Waals surface area contributed by atoms with Crippen LogP contribution in [0.1, 0.15) is 0 Å². The number of nitrogens with zero attached hydrogens (tertiary/aromatic N) is 2. The van der Waals surface area contributed by atoms with Crippen molar-refractivity contribution >= 4 is 38.9 Å². The average molecular weight is 943 g/mol. The van der Waals surface area contributed by atoms with Crippen molar-refractivity contribution in [3.8, 4) is 83.6 Å². The average Bonchev–Trinajstić information content (AvgIpc) is 3.83. The topological polar surface area (TPSA) is 8.17 Å². The Labute approximate surface area is 433 Å². The molecule has 13 rings (SSSR count). The zero-order chi connectivity index (χ0) is 49.2. The molecular weight excluding hydrogens is 893 g/mol. The maximum Gasteiger partial charge on any atom is 0.0541 e. The van der Waals surface area contributed by atoms with Gasteiger partial charge >= 0.3 is 0 Å². The van der Waals surface area contributed by atoms with Crippen molar-refractivity contribution in [3.05, 3.63) is 303 Å². The molecule has 13 aromatic rings. The van der Waals surface area contributed by atoms with Crippen LogP contribution >= 0.6 is 0 Å². The van der Waals surface area contributed by atoms with Gasteiger partial charge in [0.1, 0.15) is 0 Å². The standard InChI is InChI=1S/C72H50N2/c1-4-20-51(21-5-1)57-48-58(52-22-6-2-7-23-52)50-59(49-57)55-40-44-61(45-41-55)73(70-33-17-14-30-67(70)66-29-13-12-28-65(66)64-27-11-10-26-63(64)56-24-8-3-9-25-56)60-42-36-53(37-43-60)54-38-46-62(47-39-54)74-71-34-18-15-31-68(71)69-32-16-19-35-72(69)74/h1-50H. The number of anilines is 3.